The average Bonchev–Trinajstić information content (AvgIpc) is 2.28. The van der Waals surface area contributed by atoms with Crippen molar-refractivity contribution in [3.8, 4) is 5.75 Å². The number of oxime groups is 1. The highest BCUT2D eigenvalue weighted by molar-refractivity contribution is 9.10. The Labute approximate surface area is 110 Å². The Balaban J connectivity index is 3.16. The van der Waals surface area contributed by atoms with Gasteiger partial charge in [0.15, 0.2) is 5.84 Å². The van der Waals surface area contributed by atoms with Gasteiger partial charge in [0, 0.05) is 4.47 Å². The molecule has 3 N–H and O–H groups in total. The van der Waals surface area contributed by atoms with Crippen LogP contribution >= 0.6 is 15.9 Å². The number of ether oxygens (including phenoxy) is 1. The first-order valence-corrected chi connectivity index (χ1v) is 6.15. The van der Waals surface area contributed by atoms with Gasteiger partial charge in [-0.1, -0.05) is 28.0 Å². The van der Waals surface area contributed by atoms with E-state index in [1.54, 1.807) is 6.07 Å². The van der Waals surface area contributed by atoms with Crippen molar-refractivity contribution in [2.45, 2.75) is 32.8 Å². The fraction of sp³-hybridized carbons (Fsp3) is 0.417. The molecule has 0 saturated heterocycles. The van der Waals surface area contributed by atoms with E-state index in [1.165, 1.54) is 0 Å². The van der Waals surface area contributed by atoms with Crippen LogP contribution in [-0.4, -0.2) is 16.6 Å². The summed E-state index contributed by atoms with van der Waals surface area (Å²) in [6, 6.07) is 5.38. The van der Waals surface area contributed by atoms with E-state index in [1.807, 2.05) is 32.9 Å². The van der Waals surface area contributed by atoms with Crippen LogP contribution in [0.5, 0.6) is 5.75 Å². The highest BCUT2D eigenvalue weighted by Gasteiger charge is 2.20. The fourth-order valence-corrected chi connectivity index (χ4v) is 1.56. The van der Waals surface area contributed by atoms with Gasteiger partial charge in [-0.3, -0.25) is 0 Å². The zero-order valence-corrected chi connectivity index (χ0v) is 11.8. The number of benzene rings is 1. The third-order valence-electron chi connectivity index (χ3n) is 2.57. The fourth-order valence-electron chi connectivity index (χ4n) is 1.22. The topological polar surface area (TPSA) is 67.8 Å². The molecule has 0 aliphatic heterocycles. The Morgan fingerprint density at radius 2 is 2.18 bits per heavy atom. The van der Waals surface area contributed by atoms with Crippen molar-refractivity contribution >= 4 is 21.8 Å². The first kappa shape index (κ1) is 13.8. The Kier molecular flexibility index (Phi) is 4.40. The molecule has 0 atom stereocenters. The third-order valence-corrected chi connectivity index (χ3v) is 3.06. The van der Waals surface area contributed by atoms with E-state index in [0.717, 1.165) is 10.9 Å². The minimum absolute atomic E-state index is 0.0411. The highest BCUT2D eigenvalue weighted by atomic mass is 79.9. The number of rotatable bonds is 4. The van der Waals surface area contributed by atoms with Gasteiger partial charge in [-0.2, -0.15) is 0 Å². The van der Waals surface area contributed by atoms with Crippen molar-refractivity contribution in [3.63, 3.8) is 0 Å². The molecule has 1 rings (SSSR count). The van der Waals surface area contributed by atoms with Crippen molar-refractivity contribution in [1.82, 2.24) is 0 Å². The van der Waals surface area contributed by atoms with E-state index in [-0.39, 0.29) is 11.4 Å². The molecule has 0 fully saturated rings. The van der Waals surface area contributed by atoms with E-state index < -0.39 is 0 Å². The third kappa shape index (κ3) is 3.63. The maximum atomic E-state index is 8.73. The second kappa shape index (κ2) is 5.40. The summed E-state index contributed by atoms with van der Waals surface area (Å²) >= 11 is 3.37. The Morgan fingerprint density at radius 3 is 2.71 bits per heavy atom. The van der Waals surface area contributed by atoms with Crippen LogP contribution in [0.2, 0.25) is 0 Å². The molecule has 17 heavy (non-hydrogen) atoms. The summed E-state index contributed by atoms with van der Waals surface area (Å²) in [6.45, 7) is 6.02. The van der Waals surface area contributed by atoms with Crippen molar-refractivity contribution in [3.05, 3.63) is 28.2 Å². The first-order valence-electron chi connectivity index (χ1n) is 5.36. The molecule has 94 valence electrons. The monoisotopic (exact) mass is 300 g/mol. The van der Waals surface area contributed by atoms with Crippen LogP contribution in [0, 0.1) is 0 Å². The molecule has 0 saturated carbocycles. The lowest BCUT2D eigenvalue weighted by Crippen LogP contribution is -2.28. The average molecular weight is 301 g/mol. The van der Waals surface area contributed by atoms with Crippen LogP contribution in [-0.2, 0) is 0 Å². The standard InChI is InChI=1S/C12H17BrN2O2/c1-4-12(2,3)17-10-7-8(13)5-6-9(10)11(14)15-16/h5-7,16H,4H2,1-3H3,(H2,14,15). The van der Waals surface area contributed by atoms with Gasteiger partial charge >= 0.3 is 0 Å². The summed E-state index contributed by atoms with van der Waals surface area (Å²) in [5, 5.41) is 11.7. The SMILES string of the molecule is CCC(C)(C)Oc1cc(Br)ccc1/C(N)=N/O. The molecule has 1 aromatic carbocycles. The van der Waals surface area contributed by atoms with Crippen molar-refractivity contribution in [1.29, 1.82) is 0 Å². The molecule has 4 nitrogen and oxygen atoms in total. The normalized spacial score (nSPS) is 12.6. The summed E-state index contributed by atoms with van der Waals surface area (Å²) in [7, 11) is 0. The van der Waals surface area contributed by atoms with Crippen molar-refractivity contribution in [2.75, 3.05) is 0 Å². The predicted octanol–water partition coefficient (Wildman–Crippen LogP) is 3.11. The molecule has 5 heteroatoms. The van der Waals surface area contributed by atoms with Crippen LogP contribution in [0.3, 0.4) is 0 Å². The molecule has 1 aromatic rings. The molecule has 0 unspecified atom stereocenters. The summed E-state index contributed by atoms with van der Waals surface area (Å²) in [4.78, 5) is 0. The number of nitrogens with zero attached hydrogens (tertiary/aromatic N) is 1. The Morgan fingerprint density at radius 1 is 1.53 bits per heavy atom. The van der Waals surface area contributed by atoms with Gasteiger partial charge in [0.25, 0.3) is 0 Å². The molecule has 0 amide bonds. The lowest BCUT2D eigenvalue weighted by atomic mass is 10.1. The van der Waals surface area contributed by atoms with E-state index in [0.29, 0.717) is 11.3 Å². The van der Waals surface area contributed by atoms with Crippen LogP contribution < -0.4 is 10.5 Å². The van der Waals surface area contributed by atoms with E-state index in [4.69, 9.17) is 15.7 Å². The largest absolute Gasteiger partial charge is 0.487 e. The zero-order valence-electron chi connectivity index (χ0n) is 10.2. The van der Waals surface area contributed by atoms with Crippen LogP contribution in [0.4, 0.5) is 0 Å². The van der Waals surface area contributed by atoms with Crippen molar-refractivity contribution < 1.29 is 9.94 Å². The van der Waals surface area contributed by atoms with Crippen LogP contribution in [0.25, 0.3) is 0 Å². The van der Waals surface area contributed by atoms with E-state index in [9.17, 15) is 0 Å². The second-order valence-electron chi connectivity index (χ2n) is 4.34. The predicted molar refractivity (Wildman–Crippen MR) is 71.7 cm³/mol. The van der Waals surface area contributed by atoms with Gasteiger partial charge in [0.2, 0.25) is 0 Å². The van der Waals surface area contributed by atoms with E-state index in [2.05, 4.69) is 21.1 Å². The highest BCUT2D eigenvalue weighted by Crippen LogP contribution is 2.28. The quantitative estimate of drug-likeness (QED) is 0.388. The molecule has 0 radical (unpaired) electrons. The number of hydrogen-bond donors (Lipinski definition) is 2. The molecule has 0 spiro atoms. The molecule has 0 aliphatic carbocycles. The lowest BCUT2D eigenvalue weighted by Gasteiger charge is -2.26. The van der Waals surface area contributed by atoms with Gasteiger partial charge in [-0.15, -0.1) is 0 Å². The Hall–Kier alpha value is -1.23. The Bertz CT molecular complexity index is 431. The zero-order chi connectivity index (χ0) is 13.1. The number of amidine groups is 1. The maximum Gasteiger partial charge on any atom is 0.173 e. The summed E-state index contributed by atoms with van der Waals surface area (Å²) < 4.78 is 6.77. The molecule has 0 aliphatic rings. The van der Waals surface area contributed by atoms with Gasteiger partial charge in [0.1, 0.15) is 11.4 Å². The molecule has 0 heterocycles. The molecule has 0 aromatic heterocycles. The number of nitrogens with two attached hydrogens (primary N) is 1. The van der Waals surface area contributed by atoms with Gasteiger partial charge in [-0.05, 0) is 38.5 Å². The van der Waals surface area contributed by atoms with Gasteiger partial charge in [-0.25, -0.2) is 0 Å². The lowest BCUT2D eigenvalue weighted by molar-refractivity contribution is 0.105. The molecular weight excluding hydrogens is 284 g/mol. The summed E-state index contributed by atoms with van der Waals surface area (Å²) in [5.41, 5.74) is 5.89. The number of halogens is 1. The molecule has 0 bridgehead atoms. The summed E-state index contributed by atoms with van der Waals surface area (Å²) in [6.07, 6.45) is 0.856. The van der Waals surface area contributed by atoms with Crippen LogP contribution in [0.15, 0.2) is 27.8 Å². The smallest absolute Gasteiger partial charge is 0.173 e. The molecular formula is C12H17BrN2O2. The number of hydrogen-bond acceptors (Lipinski definition) is 3. The minimum atomic E-state index is -0.300. The minimum Gasteiger partial charge on any atom is -0.487 e. The summed E-state index contributed by atoms with van der Waals surface area (Å²) in [5.74, 6) is 0.640. The van der Waals surface area contributed by atoms with Gasteiger partial charge < -0.3 is 15.7 Å². The first-order chi connectivity index (χ1) is 7.89. The second-order valence-corrected chi connectivity index (χ2v) is 5.26. The van der Waals surface area contributed by atoms with Crippen molar-refractivity contribution in [2.24, 2.45) is 10.9 Å². The van der Waals surface area contributed by atoms with Crippen LogP contribution in [0.1, 0.15) is 32.8 Å². The van der Waals surface area contributed by atoms with Gasteiger partial charge in [0.05, 0.1) is 5.56 Å². The van der Waals surface area contributed by atoms with E-state index >= 15 is 0 Å². The maximum absolute atomic E-state index is 8.73.